The molecule has 2 bridgehead atoms. The third-order valence-corrected chi connectivity index (χ3v) is 6.81. The second-order valence-corrected chi connectivity index (χ2v) is 8.21. The van der Waals surface area contributed by atoms with Crippen molar-refractivity contribution in [3.63, 3.8) is 0 Å². The highest BCUT2D eigenvalue weighted by Crippen LogP contribution is 2.57. The summed E-state index contributed by atoms with van der Waals surface area (Å²) in [6, 6.07) is 5.40. The van der Waals surface area contributed by atoms with Crippen molar-refractivity contribution >= 4 is 11.3 Å². The van der Waals surface area contributed by atoms with Gasteiger partial charge in [0.25, 0.3) is 0 Å². The molecule has 2 heteroatoms. The molecule has 4 rings (SSSR count). The van der Waals surface area contributed by atoms with Gasteiger partial charge in [-0.2, -0.15) is 0 Å². The highest BCUT2D eigenvalue weighted by atomic mass is 32.1. The molecule has 3 fully saturated rings. The van der Waals surface area contributed by atoms with Crippen LogP contribution in [-0.4, -0.2) is 12.6 Å². The standard InChI is InChI=1S/C17H25NS/c1-2-16(19-9-1)7-8-17(12-18-15-5-6-15)11-13-3-4-14(17)10-13/h1-2,9,13-15,18H,3-8,10-12H2. The van der Waals surface area contributed by atoms with Gasteiger partial charge in [-0.15, -0.1) is 11.3 Å². The van der Waals surface area contributed by atoms with Gasteiger partial charge in [-0.1, -0.05) is 12.5 Å². The topological polar surface area (TPSA) is 12.0 Å². The summed E-state index contributed by atoms with van der Waals surface area (Å²) in [5.41, 5.74) is 0.648. The zero-order chi connectivity index (χ0) is 12.7. The van der Waals surface area contributed by atoms with Gasteiger partial charge in [0, 0.05) is 17.5 Å². The van der Waals surface area contributed by atoms with E-state index in [1.807, 2.05) is 11.3 Å². The van der Waals surface area contributed by atoms with E-state index < -0.39 is 0 Å². The van der Waals surface area contributed by atoms with E-state index >= 15 is 0 Å². The lowest BCUT2D eigenvalue weighted by Crippen LogP contribution is -2.40. The van der Waals surface area contributed by atoms with Gasteiger partial charge in [0.15, 0.2) is 0 Å². The van der Waals surface area contributed by atoms with E-state index in [1.54, 1.807) is 4.88 Å². The Bertz CT molecular complexity index is 422. The van der Waals surface area contributed by atoms with Crippen molar-refractivity contribution in [1.29, 1.82) is 0 Å². The zero-order valence-electron chi connectivity index (χ0n) is 11.7. The van der Waals surface area contributed by atoms with Crippen LogP contribution in [0.5, 0.6) is 0 Å². The Morgan fingerprint density at radius 2 is 2.21 bits per heavy atom. The third kappa shape index (κ3) is 2.50. The molecule has 0 spiro atoms. The molecule has 1 aromatic heterocycles. The number of hydrogen-bond acceptors (Lipinski definition) is 2. The highest BCUT2D eigenvalue weighted by Gasteiger charge is 2.50. The van der Waals surface area contributed by atoms with Crippen LogP contribution >= 0.6 is 11.3 Å². The van der Waals surface area contributed by atoms with Crippen LogP contribution in [0, 0.1) is 17.3 Å². The van der Waals surface area contributed by atoms with Crippen molar-refractivity contribution in [2.45, 2.75) is 57.4 Å². The first-order valence-electron chi connectivity index (χ1n) is 8.10. The number of thiophene rings is 1. The van der Waals surface area contributed by atoms with Gasteiger partial charge in [-0.3, -0.25) is 0 Å². The molecule has 3 unspecified atom stereocenters. The smallest absolute Gasteiger partial charge is 0.00684 e. The number of aryl methyl sites for hydroxylation is 1. The van der Waals surface area contributed by atoms with Crippen LogP contribution in [0.4, 0.5) is 0 Å². The van der Waals surface area contributed by atoms with Gasteiger partial charge >= 0.3 is 0 Å². The molecule has 1 aromatic rings. The maximum absolute atomic E-state index is 3.86. The van der Waals surface area contributed by atoms with Crippen molar-refractivity contribution < 1.29 is 0 Å². The van der Waals surface area contributed by atoms with E-state index in [4.69, 9.17) is 0 Å². The molecule has 3 atom stereocenters. The lowest BCUT2D eigenvalue weighted by atomic mass is 9.70. The Labute approximate surface area is 120 Å². The average Bonchev–Trinajstić information content (AvgIpc) is 2.84. The maximum atomic E-state index is 3.86. The Morgan fingerprint density at radius 1 is 1.26 bits per heavy atom. The molecule has 1 heterocycles. The quantitative estimate of drug-likeness (QED) is 0.819. The van der Waals surface area contributed by atoms with Crippen molar-refractivity contribution in [3.8, 4) is 0 Å². The van der Waals surface area contributed by atoms with Gasteiger partial charge in [0.2, 0.25) is 0 Å². The molecule has 0 amide bonds. The molecule has 3 saturated carbocycles. The summed E-state index contributed by atoms with van der Waals surface area (Å²) >= 11 is 1.94. The summed E-state index contributed by atoms with van der Waals surface area (Å²) in [5.74, 6) is 2.10. The normalized spacial score (nSPS) is 37.1. The van der Waals surface area contributed by atoms with E-state index in [0.29, 0.717) is 5.41 Å². The Balaban J connectivity index is 1.44. The van der Waals surface area contributed by atoms with Crippen LogP contribution in [0.25, 0.3) is 0 Å². The fourth-order valence-corrected chi connectivity index (χ4v) is 5.34. The maximum Gasteiger partial charge on any atom is 0.00684 e. The summed E-state index contributed by atoms with van der Waals surface area (Å²) in [6.45, 7) is 1.31. The van der Waals surface area contributed by atoms with Crippen molar-refractivity contribution in [3.05, 3.63) is 22.4 Å². The minimum absolute atomic E-state index is 0.648. The van der Waals surface area contributed by atoms with Gasteiger partial charge in [0.05, 0.1) is 0 Å². The predicted molar refractivity (Wildman–Crippen MR) is 81.5 cm³/mol. The minimum atomic E-state index is 0.648. The van der Waals surface area contributed by atoms with Crippen LogP contribution in [0.15, 0.2) is 17.5 Å². The Hall–Kier alpha value is -0.340. The number of nitrogens with one attached hydrogen (secondary N) is 1. The molecule has 19 heavy (non-hydrogen) atoms. The van der Waals surface area contributed by atoms with E-state index in [-0.39, 0.29) is 0 Å². The minimum Gasteiger partial charge on any atom is -0.313 e. The molecule has 3 aliphatic carbocycles. The fourth-order valence-electron chi connectivity index (χ4n) is 4.63. The first-order chi connectivity index (χ1) is 9.34. The lowest BCUT2D eigenvalue weighted by molar-refractivity contribution is 0.143. The second-order valence-electron chi connectivity index (χ2n) is 7.18. The molecule has 0 radical (unpaired) electrons. The van der Waals surface area contributed by atoms with E-state index in [1.165, 1.54) is 57.9 Å². The van der Waals surface area contributed by atoms with Crippen LogP contribution in [-0.2, 0) is 6.42 Å². The molecule has 0 saturated heterocycles. The summed E-state index contributed by atoms with van der Waals surface area (Å²) in [5, 5.41) is 6.09. The Kier molecular flexibility index (Phi) is 3.19. The van der Waals surface area contributed by atoms with Gasteiger partial charge in [-0.05, 0) is 73.6 Å². The molecular weight excluding hydrogens is 250 g/mol. The lowest BCUT2D eigenvalue weighted by Gasteiger charge is -2.38. The number of rotatable bonds is 6. The summed E-state index contributed by atoms with van der Waals surface area (Å²) in [7, 11) is 0. The van der Waals surface area contributed by atoms with E-state index in [2.05, 4.69) is 22.8 Å². The molecule has 1 N–H and O–H groups in total. The first kappa shape index (κ1) is 12.4. The number of hydrogen-bond donors (Lipinski definition) is 1. The van der Waals surface area contributed by atoms with Gasteiger partial charge in [-0.25, -0.2) is 0 Å². The van der Waals surface area contributed by atoms with Crippen LogP contribution < -0.4 is 5.32 Å². The van der Waals surface area contributed by atoms with Crippen molar-refractivity contribution in [1.82, 2.24) is 5.32 Å². The van der Waals surface area contributed by atoms with E-state index in [9.17, 15) is 0 Å². The zero-order valence-corrected chi connectivity index (χ0v) is 12.6. The summed E-state index contributed by atoms with van der Waals surface area (Å²) < 4.78 is 0. The average molecular weight is 275 g/mol. The fraction of sp³-hybridized carbons (Fsp3) is 0.765. The molecule has 104 valence electrons. The summed E-state index contributed by atoms with van der Waals surface area (Å²) in [4.78, 5) is 1.59. The number of fused-ring (bicyclic) bond motifs is 2. The predicted octanol–water partition coefficient (Wildman–Crippen LogP) is 4.24. The molecule has 0 aliphatic heterocycles. The Morgan fingerprint density at radius 3 is 2.84 bits per heavy atom. The van der Waals surface area contributed by atoms with Gasteiger partial charge < -0.3 is 5.32 Å². The molecular formula is C17H25NS. The first-order valence-corrected chi connectivity index (χ1v) is 8.98. The van der Waals surface area contributed by atoms with Crippen LogP contribution in [0.1, 0.15) is 49.8 Å². The van der Waals surface area contributed by atoms with Crippen molar-refractivity contribution in [2.24, 2.45) is 17.3 Å². The largest absolute Gasteiger partial charge is 0.313 e. The van der Waals surface area contributed by atoms with Gasteiger partial charge in [0.1, 0.15) is 0 Å². The molecule has 3 aliphatic rings. The third-order valence-electron chi connectivity index (χ3n) is 5.87. The van der Waals surface area contributed by atoms with E-state index in [0.717, 1.165) is 17.9 Å². The monoisotopic (exact) mass is 275 g/mol. The molecule has 1 nitrogen and oxygen atoms in total. The SMILES string of the molecule is c1csc(CCC2(CNC3CC3)CC3CCC2C3)c1. The van der Waals surface area contributed by atoms with Crippen LogP contribution in [0.3, 0.4) is 0 Å². The van der Waals surface area contributed by atoms with Crippen LogP contribution in [0.2, 0.25) is 0 Å². The highest BCUT2D eigenvalue weighted by molar-refractivity contribution is 7.09. The second kappa shape index (κ2) is 4.89. The van der Waals surface area contributed by atoms with Crippen molar-refractivity contribution in [2.75, 3.05) is 6.54 Å². The molecule has 0 aromatic carbocycles. The summed E-state index contributed by atoms with van der Waals surface area (Å²) in [6.07, 6.45) is 11.7.